The molecule has 1 amide bonds. The number of aliphatic hydroxyl groups is 1. The number of amides is 1. The first-order valence-corrected chi connectivity index (χ1v) is 6.83. The highest BCUT2D eigenvalue weighted by molar-refractivity contribution is 5.92. The van der Waals surface area contributed by atoms with Crippen LogP contribution in [0, 0.1) is 0 Å². The average Bonchev–Trinajstić information content (AvgIpc) is 2.55. The van der Waals surface area contributed by atoms with Gasteiger partial charge >= 0.3 is 0 Å². The Bertz CT molecular complexity index is 570. The van der Waals surface area contributed by atoms with Crippen molar-refractivity contribution in [3.05, 3.63) is 65.5 Å². The van der Waals surface area contributed by atoms with E-state index in [0.29, 0.717) is 18.7 Å². The highest BCUT2D eigenvalue weighted by Crippen LogP contribution is 2.05. The molecule has 1 atom stereocenters. The van der Waals surface area contributed by atoms with Crippen LogP contribution in [0.4, 0.5) is 0 Å². The van der Waals surface area contributed by atoms with Crippen LogP contribution in [0.1, 0.15) is 21.6 Å². The molecule has 1 aromatic heterocycles. The van der Waals surface area contributed by atoms with Crippen molar-refractivity contribution in [3.63, 3.8) is 0 Å². The minimum Gasteiger partial charge on any atom is -0.394 e. The first-order chi connectivity index (χ1) is 10.2. The van der Waals surface area contributed by atoms with Gasteiger partial charge in [-0.25, -0.2) is 0 Å². The largest absolute Gasteiger partial charge is 0.394 e. The van der Waals surface area contributed by atoms with Crippen molar-refractivity contribution >= 4 is 5.91 Å². The lowest BCUT2D eigenvalue weighted by molar-refractivity contribution is 0.0911. The summed E-state index contributed by atoms with van der Waals surface area (Å²) in [5.41, 5.74) is 7.74. The molecule has 0 spiro atoms. The summed E-state index contributed by atoms with van der Waals surface area (Å²) < 4.78 is 0. The standard InChI is InChI=1S/C16H19N3O2/c17-9-13-6-7-15(18-10-13)16(21)19-14(11-20)8-12-4-2-1-3-5-12/h1-7,10,14,20H,8-9,11,17H2,(H,19,21)/t14-/m0/s1. The van der Waals surface area contributed by atoms with Gasteiger partial charge in [-0.2, -0.15) is 0 Å². The molecule has 2 rings (SSSR count). The highest BCUT2D eigenvalue weighted by Gasteiger charge is 2.14. The Morgan fingerprint density at radius 2 is 1.95 bits per heavy atom. The molecule has 2 aromatic rings. The summed E-state index contributed by atoms with van der Waals surface area (Å²) in [5, 5.41) is 12.2. The van der Waals surface area contributed by atoms with E-state index >= 15 is 0 Å². The molecule has 0 radical (unpaired) electrons. The molecule has 0 saturated carbocycles. The Balaban J connectivity index is 1.98. The number of benzene rings is 1. The normalized spacial score (nSPS) is 11.9. The lowest BCUT2D eigenvalue weighted by atomic mass is 10.1. The Morgan fingerprint density at radius 1 is 1.19 bits per heavy atom. The molecule has 5 heteroatoms. The van der Waals surface area contributed by atoms with Crippen LogP contribution >= 0.6 is 0 Å². The van der Waals surface area contributed by atoms with Gasteiger partial charge in [0.25, 0.3) is 5.91 Å². The van der Waals surface area contributed by atoms with Crippen molar-refractivity contribution in [1.82, 2.24) is 10.3 Å². The molecular formula is C16H19N3O2. The lowest BCUT2D eigenvalue weighted by Gasteiger charge is -2.16. The van der Waals surface area contributed by atoms with Crippen LogP contribution in [0.25, 0.3) is 0 Å². The molecule has 1 aromatic carbocycles. The number of nitrogens with zero attached hydrogens (tertiary/aromatic N) is 1. The molecule has 0 unspecified atom stereocenters. The quantitative estimate of drug-likeness (QED) is 0.735. The summed E-state index contributed by atoms with van der Waals surface area (Å²) in [4.78, 5) is 16.2. The van der Waals surface area contributed by atoms with Gasteiger partial charge in [0.15, 0.2) is 0 Å². The molecule has 4 N–H and O–H groups in total. The fourth-order valence-electron chi connectivity index (χ4n) is 2.00. The number of hydrogen-bond acceptors (Lipinski definition) is 4. The van der Waals surface area contributed by atoms with Crippen LogP contribution < -0.4 is 11.1 Å². The topological polar surface area (TPSA) is 88.2 Å². The maximum Gasteiger partial charge on any atom is 0.270 e. The van der Waals surface area contributed by atoms with Gasteiger partial charge in [-0.05, 0) is 23.6 Å². The molecule has 21 heavy (non-hydrogen) atoms. The van der Waals surface area contributed by atoms with Gasteiger partial charge in [-0.3, -0.25) is 9.78 Å². The molecule has 5 nitrogen and oxygen atoms in total. The van der Waals surface area contributed by atoms with E-state index in [2.05, 4.69) is 10.3 Å². The maximum absolute atomic E-state index is 12.1. The second kappa shape index (κ2) is 7.52. The molecule has 0 bridgehead atoms. The average molecular weight is 285 g/mol. The van der Waals surface area contributed by atoms with Gasteiger partial charge in [0.1, 0.15) is 5.69 Å². The van der Waals surface area contributed by atoms with E-state index in [1.165, 1.54) is 0 Å². The van der Waals surface area contributed by atoms with Crippen molar-refractivity contribution in [3.8, 4) is 0 Å². The summed E-state index contributed by atoms with van der Waals surface area (Å²) in [6.45, 7) is 0.268. The van der Waals surface area contributed by atoms with Crippen LogP contribution in [0.15, 0.2) is 48.7 Å². The minimum absolute atomic E-state index is 0.123. The number of hydrogen-bond donors (Lipinski definition) is 3. The smallest absolute Gasteiger partial charge is 0.270 e. The van der Waals surface area contributed by atoms with Crippen molar-refractivity contribution in [1.29, 1.82) is 0 Å². The van der Waals surface area contributed by atoms with Crippen molar-refractivity contribution < 1.29 is 9.90 Å². The number of carbonyl (C=O) groups is 1. The molecule has 0 fully saturated rings. The fourth-order valence-corrected chi connectivity index (χ4v) is 2.00. The Hall–Kier alpha value is -2.24. The van der Waals surface area contributed by atoms with Crippen LogP contribution in [0.3, 0.4) is 0 Å². The Labute approximate surface area is 123 Å². The second-order valence-corrected chi connectivity index (χ2v) is 4.80. The Morgan fingerprint density at radius 3 is 2.52 bits per heavy atom. The molecule has 1 heterocycles. The number of pyridine rings is 1. The first-order valence-electron chi connectivity index (χ1n) is 6.83. The number of aliphatic hydroxyl groups excluding tert-OH is 1. The zero-order valence-electron chi connectivity index (χ0n) is 11.7. The van der Waals surface area contributed by atoms with E-state index in [0.717, 1.165) is 11.1 Å². The van der Waals surface area contributed by atoms with Gasteiger partial charge in [0.2, 0.25) is 0 Å². The summed E-state index contributed by atoms with van der Waals surface area (Å²) >= 11 is 0. The van der Waals surface area contributed by atoms with Gasteiger partial charge in [0, 0.05) is 12.7 Å². The van der Waals surface area contributed by atoms with E-state index in [9.17, 15) is 9.90 Å². The number of rotatable bonds is 6. The van der Waals surface area contributed by atoms with Gasteiger partial charge in [-0.15, -0.1) is 0 Å². The van der Waals surface area contributed by atoms with Crippen LogP contribution in [-0.4, -0.2) is 28.6 Å². The third kappa shape index (κ3) is 4.37. The molecule has 110 valence electrons. The first kappa shape index (κ1) is 15.2. The molecule has 0 aliphatic rings. The predicted octanol–water partition coefficient (Wildman–Crippen LogP) is 0.874. The fraction of sp³-hybridized carbons (Fsp3) is 0.250. The molecule has 0 saturated heterocycles. The van der Waals surface area contributed by atoms with Crippen LogP contribution in [0.2, 0.25) is 0 Å². The third-order valence-corrected chi connectivity index (χ3v) is 3.17. The summed E-state index contributed by atoms with van der Waals surface area (Å²) in [6.07, 6.45) is 2.16. The minimum atomic E-state index is -0.337. The third-order valence-electron chi connectivity index (χ3n) is 3.17. The van der Waals surface area contributed by atoms with E-state index in [1.807, 2.05) is 30.3 Å². The van der Waals surface area contributed by atoms with Crippen molar-refractivity contribution in [2.45, 2.75) is 19.0 Å². The molecular weight excluding hydrogens is 266 g/mol. The summed E-state index contributed by atoms with van der Waals surface area (Å²) in [5.74, 6) is -0.298. The van der Waals surface area contributed by atoms with Gasteiger partial charge < -0.3 is 16.2 Å². The zero-order valence-corrected chi connectivity index (χ0v) is 11.7. The lowest BCUT2D eigenvalue weighted by Crippen LogP contribution is -2.39. The zero-order chi connectivity index (χ0) is 15.1. The summed E-state index contributed by atoms with van der Waals surface area (Å²) in [7, 11) is 0. The number of aromatic nitrogens is 1. The van der Waals surface area contributed by atoms with Crippen LogP contribution in [-0.2, 0) is 13.0 Å². The van der Waals surface area contributed by atoms with Gasteiger partial charge in [0.05, 0.1) is 12.6 Å². The number of carbonyl (C=O) groups excluding carboxylic acids is 1. The van der Waals surface area contributed by atoms with Crippen molar-refractivity contribution in [2.24, 2.45) is 5.73 Å². The van der Waals surface area contributed by atoms with E-state index in [4.69, 9.17) is 5.73 Å². The molecule has 0 aliphatic heterocycles. The summed E-state index contributed by atoms with van der Waals surface area (Å²) in [6, 6.07) is 12.8. The van der Waals surface area contributed by atoms with Crippen LogP contribution in [0.5, 0.6) is 0 Å². The SMILES string of the molecule is NCc1ccc(C(=O)N[C@H](CO)Cc2ccccc2)nc1. The maximum atomic E-state index is 12.1. The van der Waals surface area contributed by atoms with E-state index in [1.54, 1.807) is 18.3 Å². The second-order valence-electron chi connectivity index (χ2n) is 4.80. The molecule has 0 aliphatic carbocycles. The number of nitrogens with one attached hydrogen (secondary N) is 1. The number of nitrogens with two attached hydrogens (primary N) is 1. The van der Waals surface area contributed by atoms with E-state index in [-0.39, 0.29) is 18.6 Å². The predicted molar refractivity (Wildman–Crippen MR) is 80.6 cm³/mol. The monoisotopic (exact) mass is 285 g/mol. The van der Waals surface area contributed by atoms with E-state index < -0.39 is 0 Å². The van der Waals surface area contributed by atoms with Gasteiger partial charge in [-0.1, -0.05) is 36.4 Å². The Kier molecular flexibility index (Phi) is 5.43. The highest BCUT2D eigenvalue weighted by atomic mass is 16.3. The van der Waals surface area contributed by atoms with Crippen molar-refractivity contribution in [2.75, 3.05) is 6.61 Å².